The van der Waals surface area contributed by atoms with E-state index in [-0.39, 0.29) is 12.2 Å². The predicted octanol–water partition coefficient (Wildman–Crippen LogP) is 5.05. The van der Waals surface area contributed by atoms with E-state index >= 15 is 0 Å². The highest BCUT2D eigenvalue weighted by Crippen LogP contribution is 2.35. The molecule has 0 saturated heterocycles. The van der Waals surface area contributed by atoms with Gasteiger partial charge < -0.3 is 14.2 Å². The Hall–Kier alpha value is -2.16. The molecule has 0 atom stereocenters. The van der Waals surface area contributed by atoms with Gasteiger partial charge in [0.2, 0.25) is 0 Å². The van der Waals surface area contributed by atoms with Gasteiger partial charge in [0.05, 0.1) is 12.2 Å². The van der Waals surface area contributed by atoms with Crippen molar-refractivity contribution in [3.63, 3.8) is 0 Å². The highest BCUT2D eigenvalue weighted by molar-refractivity contribution is 5.47. The highest BCUT2D eigenvalue weighted by atomic mass is 16.5. The fourth-order valence-electron chi connectivity index (χ4n) is 1.88. The largest absolute Gasteiger partial charge is 0.491 e. The second-order valence-electron chi connectivity index (χ2n) is 5.36. The molecule has 0 radical (unpaired) electrons. The molecule has 0 saturated carbocycles. The van der Waals surface area contributed by atoms with Gasteiger partial charge >= 0.3 is 0 Å². The molecule has 0 aromatic heterocycles. The molecule has 0 amide bonds. The Balaban J connectivity index is 2.28. The second-order valence-corrected chi connectivity index (χ2v) is 5.36. The van der Waals surface area contributed by atoms with Crippen LogP contribution in [0.2, 0.25) is 0 Å². The molecule has 3 heteroatoms. The van der Waals surface area contributed by atoms with E-state index in [1.54, 1.807) is 0 Å². The summed E-state index contributed by atoms with van der Waals surface area (Å²) < 4.78 is 17.4. The third kappa shape index (κ3) is 4.71. The Morgan fingerprint density at radius 2 is 1.33 bits per heavy atom. The molecule has 2 rings (SSSR count). The number of benzene rings is 2. The Morgan fingerprint density at radius 3 is 1.95 bits per heavy atom. The molecule has 112 valence electrons. The predicted molar refractivity (Wildman–Crippen MR) is 84.5 cm³/mol. The van der Waals surface area contributed by atoms with Crippen molar-refractivity contribution in [1.29, 1.82) is 0 Å². The van der Waals surface area contributed by atoms with Gasteiger partial charge in [-0.05, 0) is 52.0 Å². The van der Waals surface area contributed by atoms with Gasteiger partial charge in [-0.2, -0.15) is 0 Å². The van der Waals surface area contributed by atoms with Crippen molar-refractivity contribution in [2.75, 3.05) is 0 Å². The molecular formula is C18H22O3. The van der Waals surface area contributed by atoms with Crippen LogP contribution in [-0.4, -0.2) is 12.2 Å². The molecule has 3 nitrogen and oxygen atoms in total. The van der Waals surface area contributed by atoms with E-state index in [4.69, 9.17) is 14.2 Å². The van der Waals surface area contributed by atoms with Crippen molar-refractivity contribution in [3.05, 3.63) is 48.5 Å². The Labute approximate surface area is 126 Å². The smallest absolute Gasteiger partial charge is 0.172 e. The van der Waals surface area contributed by atoms with E-state index < -0.39 is 0 Å². The van der Waals surface area contributed by atoms with Gasteiger partial charge in [-0.25, -0.2) is 0 Å². The summed E-state index contributed by atoms with van der Waals surface area (Å²) in [6.07, 6.45) is 0.200. The standard InChI is InChI=1S/C18H22O3/c1-13(2)19-16-10-11-17(20-14(3)4)18(12-16)21-15-8-6-5-7-9-15/h5-14H,1-4H3. The van der Waals surface area contributed by atoms with E-state index in [1.807, 2.05) is 76.2 Å². The maximum Gasteiger partial charge on any atom is 0.172 e. The first-order valence-corrected chi connectivity index (χ1v) is 7.25. The molecule has 0 unspecified atom stereocenters. The summed E-state index contributed by atoms with van der Waals surface area (Å²) in [5.41, 5.74) is 0. The molecule has 2 aromatic rings. The minimum absolute atomic E-state index is 0.0833. The topological polar surface area (TPSA) is 27.7 Å². The number of hydrogen-bond donors (Lipinski definition) is 0. The monoisotopic (exact) mass is 286 g/mol. The maximum atomic E-state index is 5.93. The summed E-state index contributed by atoms with van der Waals surface area (Å²) in [5, 5.41) is 0. The maximum absolute atomic E-state index is 5.93. The number of rotatable bonds is 6. The van der Waals surface area contributed by atoms with Crippen LogP contribution in [-0.2, 0) is 0 Å². The van der Waals surface area contributed by atoms with Gasteiger partial charge in [0.1, 0.15) is 11.5 Å². The van der Waals surface area contributed by atoms with E-state index in [1.165, 1.54) is 0 Å². The fraction of sp³-hybridized carbons (Fsp3) is 0.333. The first-order valence-electron chi connectivity index (χ1n) is 7.25. The Morgan fingerprint density at radius 1 is 0.667 bits per heavy atom. The van der Waals surface area contributed by atoms with Crippen molar-refractivity contribution in [2.24, 2.45) is 0 Å². The fourth-order valence-corrected chi connectivity index (χ4v) is 1.88. The van der Waals surface area contributed by atoms with Gasteiger partial charge in [0.25, 0.3) is 0 Å². The van der Waals surface area contributed by atoms with Crippen LogP contribution in [0.3, 0.4) is 0 Å². The van der Waals surface area contributed by atoms with Crippen molar-refractivity contribution >= 4 is 0 Å². The van der Waals surface area contributed by atoms with Crippen LogP contribution in [0.4, 0.5) is 0 Å². The third-order valence-corrected chi connectivity index (χ3v) is 2.62. The zero-order valence-corrected chi connectivity index (χ0v) is 13.0. The van der Waals surface area contributed by atoms with Crippen LogP contribution in [0.25, 0.3) is 0 Å². The molecule has 0 bridgehead atoms. The number of hydrogen-bond acceptors (Lipinski definition) is 3. The molecular weight excluding hydrogens is 264 g/mol. The van der Waals surface area contributed by atoms with Gasteiger partial charge in [-0.15, -0.1) is 0 Å². The van der Waals surface area contributed by atoms with Gasteiger partial charge in [-0.1, -0.05) is 18.2 Å². The lowest BCUT2D eigenvalue weighted by Crippen LogP contribution is -2.08. The highest BCUT2D eigenvalue weighted by Gasteiger charge is 2.11. The zero-order valence-electron chi connectivity index (χ0n) is 13.0. The first-order chi connectivity index (χ1) is 10.0. The molecule has 0 spiro atoms. The average Bonchev–Trinajstić information content (AvgIpc) is 2.42. The minimum Gasteiger partial charge on any atom is -0.491 e. The molecule has 0 aliphatic rings. The summed E-state index contributed by atoms with van der Waals surface area (Å²) in [5.74, 6) is 2.91. The SMILES string of the molecule is CC(C)Oc1ccc(OC(C)C)c(Oc2ccccc2)c1. The molecule has 2 aromatic carbocycles. The molecule has 0 N–H and O–H groups in total. The van der Waals surface area contributed by atoms with Crippen molar-refractivity contribution < 1.29 is 14.2 Å². The van der Waals surface area contributed by atoms with Crippen LogP contribution < -0.4 is 14.2 Å². The summed E-state index contributed by atoms with van der Waals surface area (Å²) in [6, 6.07) is 15.3. The summed E-state index contributed by atoms with van der Waals surface area (Å²) in [6.45, 7) is 7.97. The Kier molecular flexibility index (Phi) is 5.09. The van der Waals surface area contributed by atoms with Gasteiger partial charge in [-0.3, -0.25) is 0 Å². The van der Waals surface area contributed by atoms with Crippen molar-refractivity contribution in [2.45, 2.75) is 39.9 Å². The van der Waals surface area contributed by atoms with Crippen LogP contribution in [0.1, 0.15) is 27.7 Å². The zero-order chi connectivity index (χ0) is 15.2. The van der Waals surface area contributed by atoms with Crippen LogP contribution in [0, 0.1) is 0 Å². The lowest BCUT2D eigenvalue weighted by Gasteiger charge is -2.17. The van der Waals surface area contributed by atoms with E-state index in [2.05, 4.69) is 0 Å². The van der Waals surface area contributed by atoms with Crippen LogP contribution in [0.15, 0.2) is 48.5 Å². The average molecular weight is 286 g/mol. The molecule has 0 aliphatic carbocycles. The van der Waals surface area contributed by atoms with Crippen LogP contribution >= 0.6 is 0 Å². The lowest BCUT2D eigenvalue weighted by atomic mass is 10.2. The number of para-hydroxylation sites is 1. The molecule has 0 heterocycles. The lowest BCUT2D eigenvalue weighted by molar-refractivity contribution is 0.227. The van der Waals surface area contributed by atoms with E-state index in [0.717, 1.165) is 11.5 Å². The summed E-state index contributed by atoms with van der Waals surface area (Å²) in [7, 11) is 0. The third-order valence-electron chi connectivity index (χ3n) is 2.62. The quantitative estimate of drug-likeness (QED) is 0.743. The first kappa shape index (κ1) is 15.2. The van der Waals surface area contributed by atoms with Gasteiger partial charge in [0.15, 0.2) is 11.5 Å². The number of ether oxygens (including phenoxy) is 3. The minimum atomic E-state index is 0.0833. The molecule has 0 fully saturated rings. The van der Waals surface area contributed by atoms with E-state index in [9.17, 15) is 0 Å². The summed E-state index contributed by atoms with van der Waals surface area (Å²) >= 11 is 0. The molecule has 21 heavy (non-hydrogen) atoms. The van der Waals surface area contributed by atoms with E-state index in [0.29, 0.717) is 11.5 Å². The molecule has 0 aliphatic heterocycles. The normalized spacial score (nSPS) is 10.8. The van der Waals surface area contributed by atoms with Crippen molar-refractivity contribution in [3.8, 4) is 23.0 Å². The van der Waals surface area contributed by atoms with Crippen molar-refractivity contribution in [1.82, 2.24) is 0 Å². The second kappa shape index (κ2) is 7.02. The van der Waals surface area contributed by atoms with Gasteiger partial charge in [0, 0.05) is 6.07 Å². The van der Waals surface area contributed by atoms with Crippen LogP contribution in [0.5, 0.6) is 23.0 Å². The summed E-state index contributed by atoms with van der Waals surface area (Å²) in [4.78, 5) is 0. The Bertz CT molecular complexity index is 562.